The summed E-state index contributed by atoms with van der Waals surface area (Å²) in [6.45, 7) is 0.558. The van der Waals surface area contributed by atoms with Crippen LogP contribution in [0.15, 0.2) is 120 Å². The fraction of sp³-hybridized carbons (Fsp3) is 0.0667. The van der Waals surface area contributed by atoms with Crippen LogP contribution in [0.1, 0.15) is 22.3 Å². The largest absolute Gasteiger partial charge is 0.372 e. The Kier molecular flexibility index (Phi) is 6.43. The maximum absolute atomic E-state index is 13.3. The van der Waals surface area contributed by atoms with Crippen molar-refractivity contribution in [3.05, 3.63) is 143 Å². The van der Waals surface area contributed by atoms with Gasteiger partial charge in [0.15, 0.2) is 5.60 Å². The molecule has 0 aliphatic carbocycles. The number of hydrogen-bond acceptors (Lipinski definition) is 3. The van der Waals surface area contributed by atoms with Gasteiger partial charge in [-0.05, 0) is 34.9 Å². The molecule has 0 unspecified atom stereocenters. The van der Waals surface area contributed by atoms with E-state index in [-0.39, 0.29) is 5.82 Å². The molecule has 6 heteroatoms. The van der Waals surface area contributed by atoms with Crippen LogP contribution in [0, 0.1) is 5.82 Å². The molecule has 1 heterocycles. The monoisotopic (exact) mass is 477 g/mol. The van der Waals surface area contributed by atoms with Gasteiger partial charge in [-0.2, -0.15) is 5.10 Å². The van der Waals surface area contributed by atoms with Crippen LogP contribution < -0.4 is 5.43 Å². The molecule has 4 aromatic carbocycles. The Morgan fingerprint density at radius 1 is 0.861 bits per heavy atom. The van der Waals surface area contributed by atoms with Gasteiger partial charge in [0, 0.05) is 29.2 Å². The number of para-hydroxylation sites is 1. The van der Waals surface area contributed by atoms with E-state index in [0.717, 1.165) is 22.0 Å². The van der Waals surface area contributed by atoms with Crippen molar-refractivity contribution in [1.29, 1.82) is 0 Å². The van der Waals surface area contributed by atoms with Crippen LogP contribution in [0.4, 0.5) is 4.39 Å². The molecule has 0 saturated carbocycles. The Morgan fingerprint density at radius 3 is 2.08 bits per heavy atom. The highest BCUT2D eigenvalue weighted by atomic mass is 19.1. The molecule has 0 atom stereocenters. The van der Waals surface area contributed by atoms with Crippen molar-refractivity contribution in [1.82, 2.24) is 9.99 Å². The maximum Gasteiger partial charge on any atom is 0.281 e. The zero-order valence-electron chi connectivity index (χ0n) is 19.4. The highest BCUT2D eigenvalue weighted by molar-refractivity contribution is 6.00. The average Bonchev–Trinajstić information content (AvgIpc) is 3.27. The zero-order valence-corrected chi connectivity index (χ0v) is 19.4. The number of amides is 1. The summed E-state index contributed by atoms with van der Waals surface area (Å²) >= 11 is 0. The quantitative estimate of drug-likeness (QED) is 0.250. The normalized spacial score (nSPS) is 11.7. The number of nitrogens with one attached hydrogen (secondary N) is 1. The molecule has 5 rings (SSSR count). The number of hydrazone groups is 1. The number of rotatable bonds is 7. The molecule has 0 bridgehead atoms. The third-order valence-corrected chi connectivity index (χ3v) is 6.17. The van der Waals surface area contributed by atoms with Crippen LogP contribution in [0.25, 0.3) is 10.9 Å². The van der Waals surface area contributed by atoms with Gasteiger partial charge in [-0.1, -0.05) is 91.0 Å². The summed E-state index contributed by atoms with van der Waals surface area (Å²) < 4.78 is 15.4. The first-order chi connectivity index (χ1) is 17.6. The lowest BCUT2D eigenvalue weighted by Crippen LogP contribution is -2.43. The van der Waals surface area contributed by atoms with Crippen molar-refractivity contribution in [2.45, 2.75) is 12.1 Å². The number of aromatic nitrogens is 1. The highest BCUT2D eigenvalue weighted by Gasteiger charge is 2.39. The van der Waals surface area contributed by atoms with E-state index in [1.54, 1.807) is 66.9 Å². The highest BCUT2D eigenvalue weighted by Crippen LogP contribution is 2.30. The molecule has 5 aromatic rings. The lowest BCUT2D eigenvalue weighted by Gasteiger charge is -2.27. The zero-order chi connectivity index (χ0) is 25.0. The molecule has 1 amide bonds. The van der Waals surface area contributed by atoms with Crippen molar-refractivity contribution >= 4 is 23.0 Å². The van der Waals surface area contributed by atoms with E-state index in [9.17, 15) is 14.3 Å². The summed E-state index contributed by atoms with van der Waals surface area (Å²) in [5.41, 5.74) is 4.26. The van der Waals surface area contributed by atoms with E-state index >= 15 is 0 Å². The van der Waals surface area contributed by atoms with Gasteiger partial charge in [0.25, 0.3) is 5.91 Å². The van der Waals surface area contributed by atoms with Gasteiger partial charge in [0.2, 0.25) is 0 Å². The minimum Gasteiger partial charge on any atom is -0.372 e. The summed E-state index contributed by atoms with van der Waals surface area (Å²) in [4.78, 5) is 13.3. The van der Waals surface area contributed by atoms with Gasteiger partial charge in [0.1, 0.15) is 5.82 Å². The van der Waals surface area contributed by atoms with Gasteiger partial charge in [-0.25, -0.2) is 9.82 Å². The summed E-state index contributed by atoms with van der Waals surface area (Å²) in [7, 11) is 0. The lowest BCUT2D eigenvalue weighted by molar-refractivity contribution is -0.136. The molecular weight excluding hydrogens is 453 g/mol. The third kappa shape index (κ3) is 4.54. The van der Waals surface area contributed by atoms with E-state index in [2.05, 4.69) is 15.1 Å². The molecule has 0 aliphatic heterocycles. The Morgan fingerprint density at radius 2 is 1.44 bits per heavy atom. The smallest absolute Gasteiger partial charge is 0.281 e. The standard InChI is InChI=1S/C30H24FN3O2/c31-26-17-15-22(16-18-26)20-34-21-23(27-13-7-8-14-28(27)34)19-32-33-29(35)30(36,24-9-3-1-4-10-24)25-11-5-2-6-12-25/h1-19,21,36H,20H2,(H,33,35)/b32-19-. The average molecular weight is 478 g/mol. The van der Waals surface area contributed by atoms with Crippen molar-refractivity contribution < 1.29 is 14.3 Å². The molecule has 5 nitrogen and oxygen atoms in total. The first-order valence-electron chi connectivity index (χ1n) is 11.5. The summed E-state index contributed by atoms with van der Waals surface area (Å²) in [6, 6.07) is 31.8. The Labute approximate surface area is 208 Å². The maximum atomic E-state index is 13.3. The fourth-order valence-electron chi connectivity index (χ4n) is 4.32. The summed E-state index contributed by atoms with van der Waals surface area (Å²) in [6.07, 6.45) is 3.50. The second kappa shape index (κ2) is 9.98. The molecule has 178 valence electrons. The first kappa shape index (κ1) is 23.2. The van der Waals surface area contributed by atoms with E-state index in [0.29, 0.717) is 17.7 Å². The number of aliphatic hydroxyl groups is 1. The number of hydrogen-bond donors (Lipinski definition) is 2. The third-order valence-electron chi connectivity index (χ3n) is 6.17. The number of carbonyl (C=O) groups is 1. The molecular formula is C30H24FN3O2. The van der Waals surface area contributed by atoms with E-state index in [1.165, 1.54) is 12.1 Å². The van der Waals surface area contributed by atoms with Gasteiger partial charge in [0.05, 0.1) is 6.21 Å². The van der Waals surface area contributed by atoms with Crippen molar-refractivity contribution in [2.24, 2.45) is 5.10 Å². The molecule has 2 N–H and O–H groups in total. The minimum atomic E-state index is -1.91. The number of halogens is 1. The Balaban J connectivity index is 1.43. The van der Waals surface area contributed by atoms with Crippen LogP contribution in [0.5, 0.6) is 0 Å². The Hall–Kier alpha value is -4.55. The molecule has 0 saturated heterocycles. The summed E-state index contributed by atoms with van der Waals surface area (Å²) in [5, 5.41) is 16.7. The SMILES string of the molecule is O=C(N/N=C\c1cn(Cc2ccc(F)cc2)c2ccccc12)C(O)(c1ccccc1)c1ccccc1. The second-order valence-electron chi connectivity index (χ2n) is 8.50. The molecule has 0 spiro atoms. The number of fused-ring (bicyclic) bond motifs is 1. The van der Waals surface area contributed by atoms with E-state index < -0.39 is 11.5 Å². The van der Waals surface area contributed by atoms with Crippen molar-refractivity contribution in [3.63, 3.8) is 0 Å². The van der Waals surface area contributed by atoms with Crippen molar-refractivity contribution in [3.8, 4) is 0 Å². The Bertz CT molecular complexity index is 1470. The van der Waals surface area contributed by atoms with E-state index in [4.69, 9.17) is 0 Å². The fourth-order valence-corrected chi connectivity index (χ4v) is 4.32. The predicted molar refractivity (Wildman–Crippen MR) is 139 cm³/mol. The minimum absolute atomic E-state index is 0.273. The number of nitrogens with zero attached hydrogens (tertiary/aromatic N) is 2. The predicted octanol–water partition coefficient (Wildman–Crippen LogP) is 5.21. The van der Waals surface area contributed by atoms with Crippen LogP contribution in [-0.4, -0.2) is 21.8 Å². The second-order valence-corrected chi connectivity index (χ2v) is 8.50. The van der Waals surface area contributed by atoms with Gasteiger partial charge >= 0.3 is 0 Å². The molecule has 36 heavy (non-hydrogen) atoms. The van der Waals surface area contributed by atoms with Crippen LogP contribution in [0.2, 0.25) is 0 Å². The van der Waals surface area contributed by atoms with E-state index in [1.807, 2.05) is 42.6 Å². The number of carbonyl (C=O) groups excluding carboxylic acids is 1. The number of benzene rings is 4. The van der Waals surface area contributed by atoms with Crippen LogP contribution in [0.3, 0.4) is 0 Å². The topological polar surface area (TPSA) is 66.6 Å². The van der Waals surface area contributed by atoms with Crippen LogP contribution in [-0.2, 0) is 16.9 Å². The summed E-state index contributed by atoms with van der Waals surface area (Å²) in [5.74, 6) is -0.933. The first-order valence-corrected chi connectivity index (χ1v) is 11.5. The van der Waals surface area contributed by atoms with Gasteiger partial charge in [-0.3, -0.25) is 4.79 Å². The molecule has 0 fully saturated rings. The van der Waals surface area contributed by atoms with Gasteiger partial charge < -0.3 is 9.67 Å². The van der Waals surface area contributed by atoms with Crippen LogP contribution >= 0.6 is 0 Å². The molecule has 1 aromatic heterocycles. The lowest BCUT2D eigenvalue weighted by atomic mass is 9.85. The van der Waals surface area contributed by atoms with Crippen molar-refractivity contribution in [2.75, 3.05) is 0 Å². The molecule has 0 aliphatic rings. The molecule has 0 radical (unpaired) electrons. The van der Waals surface area contributed by atoms with Gasteiger partial charge in [-0.15, -0.1) is 0 Å².